The molecule has 15 heavy (non-hydrogen) atoms. The van der Waals surface area contributed by atoms with Crippen molar-refractivity contribution in [3.05, 3.63) is 53.2 Å². The van der Waals surface area contributed by atoms with Gasteiger partial charge in [-0.3, -0.25) is 0 Å². The SMILES string of the molecule is Cc1cnc(Cc2c(F)cccc2F)o1. The third-order valence-electron chi connectivity index (χ3n) is 2.06. The Morgan fingerprint density at radius 1 is 1.27 bits per heavy atom. The fourth-order valence-corrected chi connectivity index (χ4v) is 1.34. The molecule has 0 spiro atoms. The molecule has 0 N–H and O–H groups in total. The van der Waals surface area contributed by atoms with Crippen molar-refractivity contribution >= 4 is 0 Å². The number of halogens is 2. The summed E-state index contributed by atoms with van der Waals surface area (Å²) in [7, 11) is 0. The summed E-state index contributed by atoms with van der Waals surface area (Å²) in [6.07, 6.45) is 1.56. The maximum atomic E-state index is 13.2. The Morgan fingerprint density at radius 3 is 2.47 bits per heavy atom. The Labute approximate surface area is 85.6 Å². The Hall–Kier alpha value is -1.71. The van der Waals surface area contributed by atoms with Gasteiger partial charge in [0.15, 0.2) is 5.89 Å². The standard InChI is InChI=1S/C11H9F2NO/c1-7-6-14-11(15-7)5-8-9(12)3-2-4-10(8)13/h2-4,6H,5H2,1H3. The predicted molar refractivity (Wildman–Crippen MR) is 50.4 cm³/mol. The van der Waals surface area contributed by atoms with E-state index >= 15 is 0 Å². The minimum Gasteiger partial charge on any atom is -0.446 e. The Bertz CT molecular complexity index is 459. The van der Waals surface area contributed by atoms with Gasteiger partial charge in [-0.25, -0.2) is 13.8 Å². The number of rotatable bonds is 2. The summed E-state index contributed by atoms with van der Waals surface area (Å²) in [5.41, 5.74) is -0.0145. The predicted octanol–water partition coefficient (Wildman–Crippen LogP) is 2.85. The van der Waals surface area contributed by atoms with E-state index in [1.165, 1.54) is 24.4 Å². The minimum absolute atomic E-state index is 0.0145. The van der Waals surface area contributed by atoms with Crippen molar-refractivity contribution in [1.82, 2.24) is 4.98 Å². The number of aryl methyl sites for hydroxylation is 1. The van der Waals surface area contributed by atoms with Gasteiger partial charge < -0.3 is 4.42 Å². The van der Waals surface area contributed by atoms with E-state index in [4.69, 9.17) is 4.42 Å². The molecule has 2 aromatic rings. The highest BCUT2D eigenvalue weighted by molar-refractivity contribution is 5.22. The molecule has 2 rings (SSSR count). The second-order valence-electron chi connectivity index (χ2n) is 3.24. The molecule has 2 nitrogen and oxygen atoms in total. The van der Waals surface area contributed by atoms with E-state index in [1.54, 1.807) is 6.92 Å². The van der Waals surface area contributed by atoms with Gasteiger partial charge in [-0.05, 0) is 19.1 Å². The maximum absolute atomic E-state index is 13.2. The third kappa shape index (κ3) is 2.03. The van der Waals surface area contributed by atoms with Gasteiger partial charge in [-0.1, -0.05) is 6.07 Å². The number of hydrogen-bond acceptors (Lipinski definition) is 2. The van der Waals surface area contributed by atoms with Crippen molar-refractivity contribution in [2.24, 2.45) is 0 Å². The number of aromatic nitrogens is 1. The maximum Gasteiger partial charge on any atom is 0.198 e. The van der Waals surface area contributed by atoms with Gasteiger partial charge >= 0.3 is 0 Å². The zero-order chi connectivity index (χ0) is 10.8. The largest absolute Gasteiger partial charge is 0.446 e. The molecular weight excluding hydrogens is 200 g/mol. The molecule has 0 atom stereocenters. The first-order chi connectivity index (χ1) is 7.16. The van der Waals surface area contributed by atoms with Crippen molar-refractivity contribution in [2.45, 2.75) is 13.3 Å². The number of benzene rings is 1. The first-order valence-corrected chi connectivity index (χ1v) is 4.51. The quantitative estimate of drug-likeness (QED) is 0.760. The highest BCUT2D eigenvalue weighted by Crippen LogP contribution is 2.16. The highest BCUT2D eigenvalue weighted by Gasteiger charge is 2.11. The average Bonchev–Trinajstić information content (AvgIpc) is 2.58. The van der Waals surface area contributed by atoms with Gasteiger partial charge in [0.2, 0.25) is 0 Å². The van der Waals surface area contributed by atoms with Crippen LogP contribution in [0.25, 0.3) is 0 Å². The monoisotopic (exact) mass is 209 g/mol. The van der Waals surface area contributed by atoms with Crippen LogP contribution in [0.1, 0.15) is 17.2 Å². The van der Waals surface area contributed by atoms with E-state index in [2.05, 4.69) is 4.98 Å². The molecule has 0 saturated heterocycles. The third-order valence-corrected chi connectivity index (χ3v) is 2.06. The summed E-state index contributed by atoms with van der Waals surface area (Å²) in [6.45, 7) is 1.73. The van der Waals surface area contributed by atoms with E-state index in [0.29, 0.717) is 11.7 Å². The van der Waals surface area contributed by atoms with Crippen LogP contribution in [0, 0.1) is 18.6 Å². The molecule has 1 aromatic heterocycles. The van der Waals surface area contributed by atoms with Gasteiger partial charge in [0.1, 0.15) is 17.4 Å². The van der Waals surface area contributed by atoms with Gasteiger partial charge in [-0.15, -0.1) is 0 Å². The summed E-state index contributed by atoms with van der Waals surface area (Å²) in [6, 6.07) is 3.76. The summed E-state index contributed by atoms with van der Waals surface area (Å²) in [4.78, 5) is 3.89. The van der Waals surface area contributed by atoms with Crippen LogP contribution in [0.15, 0.2) is 28.8 Å². The Kier molecular flexibility index (Phi) is 2.49. The molecule has 0 aliphatic carbocycles. The molecular formula is C11H9F2NO. The molecule has 0 aliphatic rings. The Morgan fingerprint density at radius 2 is 1.93 bits per heavy atom. The number of hydrogen-bond donors (Lipinski definition) is 0. The normalized spacial score (nSPS) is 10.6. The molecule has 4 heteroatoms. The zero-order valence-corrected chi connectivity index (χ0v) is 8.13. The van der Waals surface area contributed by atoms with Crippen LogP contribution in [-0.2, 0) is 6.42 Å². The molecule has 0 unspecified atom stereocenters. The zero-order valence-electron chi connectivity index (χ0n) is 8.13. The van der Waals surface area contributed by atoms with Crippen LogP contribution < -0.4 is 0 Å². The van der Waals surface area contributed by atoms with E-state index in [-0.39, 0.29) is 12.0 Å². The molecule has 0 radical (unpaired) electrons. The molecule has 0 aliphatic heterocycles. The lowest BCUT2D eigenvalue weighted by atomic mass is 10.1. The second-order valence-corrected chi connectivity index (χ2v) is 3.24. The fraction of sp³-hybridized carbons (Fsp3) is 0.182. The van der Waals surface area contributed by atoms with Crippen molar-refractivity contribution < 1.29 is 13.2 Å². The molecule has 0 saturated carbocycles. The number of oxazole rings is 1. The molecule has 0 fully saturated rings. The first-order valence-electron chi connectivity index (χ1n) is 4.51. The van der Waals surface area contributed by atoms with E-state index in [0.717, 1.165) is 0 Å². The Balaban J connectivity index is 2.31. The fourth-order valence-electron chi connectivity index (χ4n) is 1.34. The second kappa shape index (κ2) is 3.81. The lowest BCUT2D eigenvalue weighted by molar-refractivity contribution is 0.470. The summed E-state index contributed by atoms with van der Waals surface area (Å²) >= 11 is 0. The topological polar surface area (TPSA) is 26.0 Å². The smallest absolute Gasteiger partial charge is 0.198 e. The van der Waals surface area contributed by atoms with Crippen LogP contribution in [0.5, 0.6) is 0 Å². The number of nitrogens with zero attached hydrogens (tertiary/aromatic N) is 1. The van der Waals surface area contributed by atoms with Crippen LogP contribution in [0.3, 0.4) is 0 Å². The van der Waals surface area contributed by atoms with Crippen LogP contribution in [0.2, 0.25) is 0 Å². The molecule has 1 heterocycles. The van der Waals surface area contributed by atoms with Crippen LogP contribution in [-0.4, -0.2) is 4.98 Å². The molecule has 1 aromatic carbocycles. The summed E-state index contributed by atoms with van der Waals surface area (Å²) in [5, 5.41) is 0. The van der Waals surface area contributed by atoms with Crippen molar-refractivity contribution in [3.8, 4) is 0 Å². The summed E-state index contributed by atoms with van der Waals surface area (Å²) < 4.78 is 31.6. The van der Waals surface area contributed by atoms with E-state index in [1.807, 2.05) is 0 Å². The summed E-state index contributed by atoms with van der Waals surface area (Å²) in [5.74, 6) is -0.213. The van der Waals surface area contributed by atoms with Gasteiger partial charge in [0.25, 0.3) is 0 Å². The molecule has 0 amide bonds. The lowest BCUT2D eigenvalue weighted by Gasteiger charge is -2.01. The van der Waals surface area contributed by atoms with Gasteiger partial charge in [0, 0.05) is 5.56 Å². The van der Waals surface area contributed by atoms with Gasteiger partial charge in [-0.2, -0.15) is 0 Å². The van der Waals surface area contributed by atoms with Crippen molar-refractivity contribution in [1.29, 1.82) is 0 Å². The van der Waals surface area contributed by atoms with Crippen LogP contribution in [0.4, 0.5) is 8.78 Å². The van der Waals surface area contributed by atoms with E-state index < -0.39 is 11.6 Å². The molecule has 0 bridgehead atoms. The molecule has 78 valence electrons. The van der Waals surface area contributed by atoms with Gasteiger partial charge in [0.05, 0.1) is 12.6 Å². The van der Waals surface area contributed by atoms with Crippen molar-refractivity contribution in [2.75, 3.05) is 0 Å². The first kappa shape index (κ1) is 9.83. The lowest BCUT2D eigenvalue weighted by Crippen LogP contribution is -1.96. The average molecular weight is 209 g/mol. The highest BCUT2D eigenvalue weighted by atomic mass is 19.1. The van der Waals surface area contributed by atoms with E-state index in [9.17, 15) is 8.78 Å². The minimum atomic E-state index is -0.578. The van der Waals surface area contributed by atoms with Crippen LogP contribution >= 0.6 is 0 Å². The van der Waals surface area contributed by atoms with Crippen molar-refractivity contribution in [3.63, 3.8) is 0 Å².